The fraction of sp³-hybridized carbons (Fsp3) is 0.556. The zero-order valence-corrected chi connectivity index (χ0v) is 9.13. The maximum absolute atomic E-state index is 4.19. The molecule has 5 heteroatoms. The van der Waals surface area contributed by atoms with Crippen LogP contribution >= 0.6 is 0 Å². The summed E-state index contributed by atoms with van der Waals surface area (Å²) in [5.74, 6) is 1.74. The van der Waals surface area contributed by atoms with Gasteiger partial charge in [0.05, 0.1) is 0 Å². The van der Waals surface area contributed by atoms with Gasteiger partial charge in [-0.2, -0.15) is 0 Å². The topological polar surface area (TPSA) is 53.1 Å². The Morgan fingerprint density at radius 3 is 2.43 bits per heavy atom. The Morgan fingerprint density at radius 1 is 1.29 bits per heavy atom. The van der Waals surface area contributed by atoms with Crippen molar-refractivity contribution in [3.63, 3.8) is 0 Å². The zero-order valence-electron chi connectivity index (χ0n) is 9.13. The van der Waals surface area contributed by atoms with Crippen molar-refractivity contribution in [2.24, 2.45) is 0 Å². The molecule has 0 bridgehead atoms. The van der Waals surface area contributed by atoms with Gasteiger partial charge in [-0.15, -0.1) is 0 Å². The SMILES string of the molecule is CCc1c(NC)ncnc1NN(C)C. The summed E-state index contributed by atoms with van der Waals surface area (Å²) in [6.45, 7) is 2.08. The van der Waals surface area contributed by atoms with E-state index < -0.39 is 0 Å². The Labute approximate surface area is 84.5 Å². The Morgan fingerprint density at radius 2 is 1.93 bits per heavy atom. The molecule has 0 amide bonds. The number of rotatable bonds is 4. The summed E-state index contributed by atoms with van der Waals surface area (Å²) < 4.78 is 0. The third kappa shape index (κ3) is 2.32. The highest BCUT2D eigenvalue weighted by atomic mass is 15.5. The van der Waals surface area contributed by atoms with Crippen molar-refractivity contribution in [2.45, 2.75) is 13.3 Å². The third-order valence-electron chi connectivity index (χ3n) is 1.87. The first kappa shape index (κ1) is 10.7. The molecule has 0 saturated heterocycles. The smallest absolute Gasteiger partial charge is 0.149 e. The van der Waals surface area contributed by atoms with Crippen LogP contribution in [0.3, 0.4) is 0 Å². The molecule has 0 saturated carbocycles. The highest BCUT2D eigenvalue weighted by Crippen LogP contribution is 2.19. The summed E-state index contributed by atoms with van der Waals surface area (Å²) in [6.07, 6.45) is 2.45. The average Bonchev–Trinajstić information content (AvgIpc) is 2.16. The molecule has 2 N–H and O–H groups in total. The Balaban J connectivity index is 3.02. The van der Waals surface area contributed by atoms with Crippen molar-refractivity contribution in [3.05, 3.63) is 11.9 Å². The molecule has 78 valence electrons. The maximum Gasteiger partial charge on any atom is 0.149 e. The molecule has 5 nitrogen and oxygen atoms in total. The summed E-state index contributed by atoms with van der Waals surface area (Å²) in [5, 5.41) is 4.91. The van der Waals surface area contributed by atoms with Gasteiger partial charge in [0.2, 0.25) is 0 Å². The van der Waals surface area contributed by atoms with Crippen molar-refractivity contribution >= 4 is 11.6 Å². The predicted octanol–water partition coefficient (Wildman–Crippen LogP) is 0.969. The molecule has 14 heavy (non-hydrogen) atoms. The Bertz CT molecular complexity index is 297. The van der Waals surface area contributed by atoms with E-state index in [-0.39, 0.29) is 0 Å². The fourth-order valence-corrected chi connectivity index (χ4v) is 1.27. The van der Waals surface area contributed by atoms with E-state index in [1.54, 1.807) is 6.33 Å². The second kappa shape index (κ2) is 4.76. The number of hydrogen-bond donors (Lipinski definition) is 2. The molecule has 0 aliphatic rings. The van der Waals surface area contributed by atoms with Crippen LogP contribution in [0.4, 0.5) is 11.6 Å². The lowest BCUT2D eigenvalue weighted by Crippen LogP contribution is -2.22. The standard InChI is InChI=1S/C9H17N5/c1-5-7-8(10-2)11-6-12-9(7)13-14(3)4/h6H,5H2,1-4H3,(H2,10,11,12,13). The molecule has 0 aliphatic carbocycles. The van der Waals surface area contributed by atoms with E-state index in [0.717, 1.165) is 23.6 Å². The third-order valence-corrected chi connectivity index (χ3v) is 1.87. The van der Waals surface area contributed by atoms with Crippen LogP contribution in [0, 0.1) is 0 Å². The molecule has 0 spiro atoms. The first-order chi connectivity index (χ1) is 6.69. The van der Waals surface area contributed by atoms with Crippen LogP contribution in [0.25, 0.3) is 0 Å². The number of nitrogens with zero attached hydrogens (tertiary/aromatic N) is 3. The molecule has 0 aromatic carbocycles. The van der Waals surface area contributed by atoms with Gasteiger partial charge in [0, 0.05) is 26.7 Å². The molecule has 1 heterocycles. The predicted molar refractivity (Wildman–Crippen MR) is 58.3 cm³/mol. The molecule has 0 unspecified atom stereocenters. The van der Waals surface area contributed by atoms with Gasteiger partial charge in [-0.3, -0.25) is 0 Å². The van der Waals surface area contributed by atoms with Crippen molar-refractivity contribution in [1.29, 1.82) is 0 Å². The van der Waals surface area contributed by atoms with Crippen LogP contribution in [0.2, 0.25) is 0 Å². The molecule has 1 aromatic rings. The first-order valence-corrected chi connectivity index (χ1v) is 4.64. The minimum absolute atomic E-state index is 0.858. The van der Waals surface area contributed by atoms with Crippen LogP contribution in [-0.2, 0) is 6.42 Å². The summed E-state index contributed by atoms with van der Waals surface area (Å²) >= 11 is 0. The zero-order chi connectivity index (χ0) is 10.6. The Hall–Kier alpha value is -1.36. The van der Waals surface area contributed by atoms with Gasteiger partial charge < -0.3 is 10.7 Å². The minimum Gasteiger partial charge on any atom is -0.373 e. The quantitative estimate of drug-likeness (QED) is 0.701. The van der Waals surface area contributed by atoms with E-state index in [9.17, 15) is 0 Å². The second-order valence-corrected chi connectivity index (χ2v) is 3.16. The van der Waals surface area contributed by atoms with E-state index in [2.05, 4.69) is 27.6 Å². The minimum atomic E-state index is 0.858. The van der Waals surface area contributed by atoms with Gasteiger partial charge in [0.1, 0.15) is 18.0 Å². The van der Waals surface area contributed by atoms with E-state index in [1.807, 2.05) is 26.2 Å². The molecular weight excluding hydrogens is 178 g/mol. The number of anilines is 2. The normalized spacial score (nSPS) is 10.4. The molecule has 0 radical (unpaired) electrons. The van der Waals surface area contributed by atoms with Gasteiger partial charge in [0.25, 0.3) is 0 Å². The van der Waals surface area contributed by atoms with E-state index >= 15 is 0 Å². The summed E-state index contributed by atoms with van der Waals surface area (Å²) in [7, 11) is 5.72. The number of hydrazine groups is 1. The van der Waals surface area contributed by atoms with Crippen LogP contribution < -0.4 is 10.7 Å². The highest BCUT2D eigenvalue weighted by molar-refractivity contribution is 5.56. The molecular formula is C9H17N5. The van der Waals surface area contributed by atoms with Gasteiger partial charge >= 0.3 is 0 Å². The fourth-order valence-electron chi connectivity index (χ4n) is 1.27. The van der Waals surface area contributed by atoms with E-state index in [4.69, 9.17) is 0 Å². The average molecular weight is 195 g/mol. The Kier molecular flexibility index (Phi) is 3.64. The van der Waals surface area contributed by atoms with Crippen molar-refractivity contribution < 1.29 is 0 Å². The van der Waals surface area contributed by atoms with Gasteiger partial charge in [-0.05, 0) is 6.42 Å². The molecule has 0 fully saturated rings. The lowest BCUT2D eigenvalue weighted by atomic mass is 10.2. The first-order valence-electron chi connectivity index (χ1n) is 4.64. The monoisotopic (exact) mass is 195 g/mol. The summed E-state index contributed by atoms with van der Waals surface area (Å²) in [5.41, 5.74) is 4.24. The maximum atomic E-state index is 4.19. The lowest BCUT2D eigenvalue weighted by Gasteiger charge is -2.16. The van der Waals surface area contributed by atoms with Gasteiger partial charge in [-0.25, -0.2) is 15.0 Å². The largest absolute Gasteiger partial charge is 0.373 e. The highest BCUT2D eigenvalue weighted by Gasteiger charge is 2.08. The number of aromatic nitrogens is 2. The van der Waals surface area contributed by atoms with E-state index in [1.165, 1.54) is 0 Å². The molecule has 1 aromatic heterocycles. The second-order valence-electron chi connectivity index (χ2n) is 3.16. The number of nitrogens with one attached hydrogen (secondary N) is 2. The van der Waals surface area contributed by atoms with Crippen molar-refractivity contribution in [2.75, 3.05) is 31.9 Å². The molecule has 0 atom stereocenters. The van der Waals surface area contributed by atoms with Gasteiger partial charge in [-0.1, -0.05) is 6.92 Å². The van der Waals surface area contributed by atoms with Crippen molar-refractivity contribution in [3.8, 4) is 0 Å². The lowest BCUT2D eigenvalue weighted by molar-refractivity contribution is 0.491. The number of hydrogen-bond acceptors (Lipinski definition) is 5. The molecule has 0 aliphatic heterocycles. The van der Waals surface area contributed by atoms with E-state index in [0.29, 0.717) is 0 Å². The van der Waals surface area contributed by atoms with Crippen LogP contribution in [0.15, 0.2) is 6.33 Å². The summed E-state index contributed by atoms with van der Waals surface area (Å²) in [6, 6.07) is 0. The van der Waals surface area contributed by atoms with Gasteiger partial charge in [0.15, 0.2) is 0 Å². The summed E-state index contributed by atoms with van der Waals surface area (Å²) in [4.78, 5) is 8.35. The van der Waals surface area contributed by atoms with Crippen LogP contribution in [-0.4, -0.2) is 36.1 Å². The van der Waals surface area contributed by atoms with Crippen LogP contribution in [0.1, 0.15) is 12.5 Å². The molecule has 1 rings (SSSR count). The van der Waals surface area contributed by atoms with Crippen molar-refractivity contribution in [1.82, 2.24) is 15.0 Å². The van der Waals surface area contributed by atoms with Crippen LogP contribution in [0.5, 0.6) is 0 Å².